The molecule has 0 spiro atoms. The number of carbonyl (C=O) groups is 1. The Morgan fingerprint density at radius 2 is 2.08 bits per heavy atom. The van der Waals surface area contributed by atoms with Crippen LogP contribution in [0.25, 0.3) is 0 Å². The van der Waals surface area contributed by atoms with E-state index < -0.39 is 0 Å². The van der Waals surface area contributed by atoms with Gasteiger partial charge in [0.05, 0.1) is 0 Å². The summed E-state index contributed by atoms with van der Waals surface area (Å²) in [7, 11) is 1.54. The molecule has 0 atom stereocenters. The second-order valence-corrected chi connectivity index (χ2v) is 3.11. The number of amides is 1. The van der Waals surface area contributed by atoms with Gasteiger partial charge in [0.25, 0.3) is 0 Å². The monoisotopic (exact) mass is 173 g/mol. The van der Waals surface area contributed by atoms with E-state index in [-0.39, 0.29) is 18.6 Å². The minimum atomic E-state index is 0.0781. The number of ether oxygens (including phenoxy) is 1. The molecule has 0 aliphatic heterocycles. The first-order valence-electron chi connectivity index (χ1n) is 4.41. The first-order valence-corrected chi connectivity index (χ1v) is 4.41. The summed E-state index contributed by atoms with van der Waals surface area (Å²) in [5.74, 6) is 0.0781. The molecule has 0 aromatic heterocycles. The van der Waals surface area contributed by atoms with Crippen LogP contribution < -0.4 is 0 Å². The second-order valence-electron chi connectivity index (χ2n) is 3.11. The summed E-state index contributed by atoms with van der Waals surface area (Å²) in [6.45, 7) is 7.11. The van der Waals surface area contributed by atoms with Gasteiger partial charge in [0.15, 0.2) is 0 Å². The largest absolute Gasteiger partial charge is 0.375 e. The summed E-state index contributed by atoms with van der Waals surface area (Å²) in [4.78, 5) is 13.2. The summed E-state index contributed by atoms with van der Waals surface area (Å²) in [6.07, 6.45) is 0.994. The van der Waals surface area contributed by atoms with Crippen LogP contribution in [0.5, 0.6) is 0 Å². The summed E-state index contributed by atoms with van der Waals surface area (Å²) >= 11 is 0. The molecule has 0 heterocycles. The van der Waals surface area contributed by atoms with Gasteiger partial charge in [-0.05, 0) is 20.3 Å². The molecule has 1 amide bonds. The summed E-state index contributed by atoms with van der Waals surface area (Å²) in [6, 6.07) is 0.271. The molecular weight excluding hydrogens is 154 g/mol. The van der Waals surface area contributed by atoms with Crippen molar-refractivity contribution >= 4 is 5.91 Å². The standard InChI is InChI=1S/C9H19NO2/c1-5-6-10(8(2)3)9(11)7-12-4/h8H,5-7H2,1-4H3. The quantitative estimate of drug-likeness (QED) is 0.626. The van der Waals surface area contributed by atoms with E-state index in [9.17, 15) is 4.79 Å². The normalized spacial score (nSPS) is 10.4. The highest BCUT2D eigenvalue weighted by atomic mass is 16.5. The van der Waals surface area contributed by atoms with E-state index in [1.807, 2.05) is 18.7 Å². The molecule has 0 N–H and O–H groups in total. The van der Waals surface area contributed by atoms with Crippen LogP contribution in [0.3, 0.4) is 0 Å². The Morgan fingerprint density at radius 3 is 2.42 bits per heavy atom. The molecule has 3 nitrogen and oxygen atoms in total. The fourth-order valence-corrected chi connectivity index (χ4v) is 1.12. The third-order valence-corrected chi connectivity index (χ3v) is 1.68. The minimum Gasteiger partial charge on any atom is -0.375 e. The molecule has 0 aromatic carbocycles. The fraction of sp³-hybridized carbons (Fsp3) is 0.889. The van der Waals surface area contributed by atoms with Crippen LogP contribution in [-0.2, 0) is 9.53 Å². The summed E-state index contributed by atoms with van der Waals surface area (Å²) < 4.78 is 4.79. The Kier molecular flexibility index (Phi) is 5.72. The Balaban J connectivity index is 4.00. The fourth-order valence-electron chi connectivity index (χ4n) is 1.12. The lowest BCUT2D eigenvalue weighted by Gasteiger charge is -2.25. The highest BCUT2D eigenvalue weighted by molar-refractivity contribution is 5.77. The molecule has 0 fully saturated rings. The first kappa shape index (κ1) is 11.4. The van der Waals surface area contributed by atoms with E-state index in [1.54, 1.807) is 7.11 Å². The van der Waals surface area contributed by atoms with Crippen LogP contribution in [0.1, 0.15) is 27.2 Å². The van der Waals surface area contributed by atoms with Crippen LogP contribution in [0.4, 0.5) is 0 Å². The van der Waals surface area contributed by atoms with Crippen LogP contribution in [0.2, 0.25) is 0 Å². The van der Waals surface area contributed by atoms with Gasteiger partial charge in [0.2, 0.25) is 5.91 Å². The van der Waals surface area contributed by atoms with Crippen molar-refractivity contribution < 1.29 is 9.53 Å². The minimum absolute atomic E-state index is 0.0781. The third kappa shape index (κ3) is 3.72. The summed E-state index contributed by atoms with van der Waals surface area (Å²) in [5, 5.41) is 0. The summed E-state index contributed by atoms with van der Waals surface area (Å²) in [5.41, 5.74) is 0. The highest BCUT2D eigenvalue weighted by Crippen LogP contribution is 2.00. The maximum absolute atomic E-state index is 11.4. The molecule has 0 aromatic rings. The average Bonchev–Trinajstić information content (AvgIpc) is 1.99. The van der Waals surface area contributed by atoms with E-state index >= 15 is 0 Å². The van der Waals surface area contributed by atoms with Crippen molar-refractivity contribution in [1.82, 2.24) is 4.90 Å². The second kappa shape index (κ2) is 6.00. The van der Waals surface area contributed by atoms with Crippen LogP contribution in [-0.4, -0.2) is 37.1 Å². The van der Waals surface area contributed by atoms with Crippen molar-refractivity contribution in [3.05, 3.63) is 0 Å². The van der Waals surface area contributed by atoms with Crippen LogP contribution in [0, 0.1) is 0 Å². The molecule has 0 aliphatic rings. The Hall–Kier alpha value is -0.570. The first-order chi connectivity index (χ1) is 5.63. The van der Waals surface area contributed by atoms with E-state index in [4.69, 9.17) is 4.74 Å². The lowest BCUT2D eigenvalue weighted by Crippen LogP contribution is -2.39. The Bertz CT molecular complexity index is 134. The molecule has 0 aliphatic carbocycles. The number of hydrogen-bond donors (Lipinski definition) is 0. The molecule has 0 bridgehead atoms. The zero-order valence-electron chi connectivity index (χ0n) is 8.46. The molecule has 0 unspecified atom stereocenters. The van der Waals surface area contributed by atoms with Crippen LogP contribution in [0.15, 0.2) is 0 Å². The predicted molar refractivity (Wildman–Crippen MR) is 49.0 cm³/mol. The molecular formula is C9H19NO2. The van der Waals surface area contributed by atoms with Crippen molar-refractivity contribution in [2.45, 2.75) is 33.2 Å². The number of rotatable bonds is 5. The number of methoxy groups -OCH3 is 1. The van der Waals surface area contributed by atoms with Gasteiger partial charge < -0.3 is 9.64 Å². The Labute approximate surface area is 74.7 Å². The van der Waals surface area contributed by atoms with E-state index in [0.29, 0.717) is 0 Å². The van der Waals surface area contributed by atoms with E-state index in [1.165, 1.54) is 0 Å². The molecule has 0 rings (SSSR count). The third-order valence-electron chi connectivity index (χ3n) is 1.68. The van der Waals surface area contributed by atoms with Crippen molar-refractivity contribution in [2.24, 2.45) is 0 Å². The maximum Gasteiger partial charge on any atom is 0.248 e. The van der Waals surface area contributed by atoms with Crippen molar-refractivity contribution in [2.75, 3.05) is 20.3 Å². The zero-order chi connectivity index (χ0) is 9.56. The topological polar surface area (TPSA) is 29.5 Å². The van der Waals surface area contributed by atoms with Gasteiger partial charge in [-0.2, -0.15) is 0 Å². The van der Waals surface area contributed by atoms with Gasteiger partial charge in [0.1, 0.15) is 6.61 Å². The highest BCUT2D eigenvalue weighted by Gasteiger charge is 2.14. The molecule has 12 heavy (non-hydrogen) atoms. The predicted octanol–water partition coefficient (Wildman–Crippen LogP) is 1.28. The number of carbonyl (C=O) groups excluding carboxylic acids is 1. The van der Waals surface area contributed by atoms with Crippen molar-refractivity contribution in [3.63, 3.8) is 0 Å². The molecule has 0 saturated heterocycles. The van der Waals surface area contributed by atoms with Crippen LogP contribution >= 0.6 is 0 Å². The molecule has 72 valence electrons. The Morgan fingerprint density at radius 1 is 1.50 bits per heavy atom. The number of hydrogen-bond acceptors (Lipinski definition) is 2. The van der Waals surface area contributed by atoms with E-state index in [0.717, 1.165) is 13.0 Å². The average molecular weight is 173 g/mol. The van der Waals surface area contributed by atoms with Gasteiger partial charge in [0, 0.05) is 19.7 Å². The molecule has 0 radical (unpaired) electrons. The SMILES string of the molecule is CCCN(C(=O)COC)C(C)C. The van der Waals surface area contributed by atoms with Gasteiger partial charge >= 0.3 is 0 Å². The van der Waals surface area contributed by atoms with Crippen molar-refractivity contribution in [3.8, 4) is 0 Å². The van der Waals surface area contributed by atoms with Crippen molar-refractivity contribution in [1.29, 1.82) is 0 Å². The van der Waals surface area contributed by atoms with Gasteiger partial charge in [-0.15, -0.1) is 0 Å². The van der Waals surface area contributed by atoms with Gasteiger partial charge in [-0.25, -0.2) is 0 Å². The van der Waals surface area contributed by atoms with Gasteiger partial charge in [-0.1, -0.05) is 6.92 Å². The molecule has 0 saturated carbocycles. The number of nitrogens with zero attached hydrogens (tertiary/aromatic N) is 1. The smallest absolute Gasteiger partial charge is 0.248 e. The molecule has 3 heteroatoms. The lowest BCUT2D eigenvalue weighted by molar-refractivity contribution is -0.136. The lowest BCUT2D eigenvalue weighted by atomic mass is 10.3. The maximum atomic E-state index is 11.4. The van der Waals surface area contributed by atoms with Gasteiger partial charge in [-0.3, -0.25) is 4.79 Å². The zero-order valence-corrected chi connectivity index (χ0v) is 8.46. The van der Waals surface area contributed by atoms with E-state index in [2.05, 4.69) is 6.92 Å².